The maximum atomic E-state index is 11.1. The van der Waals surface area contributed by atoms with Crippen LogP contribution in [0.2, 0.25) is 0 Å². The number of nitro groups is 1. The van der Waals surface area contributed by atoms with E-state index in [4.69, 9.17) is 5.11 Å². The molecule has 0 unspecified atom stereocenters. The first-order chi connectivity index (χ1) is 9.32. The Morgan fingerprint density at radius 3 is 2.65 bits per heavy atom. The molecule has 0 amide bonds. The fourth-order valence-electron chi connectivity index (χ4n) is 1.94. The number of benzene rings is 1. The average Bonchev–Trinajstić information content (AvgIpc) is 2.33. The summed E-state index contributed by atoms with van der Waals surface area (Å²) in [5, 5.41) is 19.8. The molecular formula is C13H17BrN2O4. The Kier molecular flexibility index (Phi) is 5.94. The van der Waals surface area contributed by atoms with Crippen LogP contribution in [0.5, 0.6) is 0 Å². The number of nitrogens with zero attached hydrogens (tertiary/aromatic N) is 2. The molecule has 0 fully saturated rings. The van der Waals surface area contributed by atoms with Crippen molar-refractivity contribution in [2.75, 3.05) is 11.4 Å². The fraction of sp³-hybridized carbons (Fsp3) is 0.462. The number of carboxylic acid groups (broad SMARTS) is 1. The van der Waals surface area contributed by atoms with Gasteiger partial charge in [0, 0.05) is 29.5 Å². The Labute approximate surface area is 125 Å². The summed E-state index contributed by atoms with van der Waals surface area (Å²) in [5.41, 5.74) is 0.530. The van der Waals surface area contributed by atoms with Crippen LogP contribution in [0, 0.1) is 10.1 Å². The van der Waals surface area contributed by atoms with Gasteiger partial charge in [0.15, 0.2) is 0 Å². The van der Waals surface area contributed by atoms with Crippen molar-refractivity contribution in [3.8, 4) is 0 Å². The molecule has 0 atom stereocenters. The van der Waals surface area contributed by atoms with E-state index in [9.17, 15) is 14.9 Å². The monoisotopic (exact) mass is 344 g/mol. The second-order valence-corrected chi connectivity index (χ2v) is 5.59. The predicted octanol–water partition coefficient (Wildman–Crippen LogP) is 3.44. The molecule has 7 heteroatoms. The minimum Gasteiger partial charge on any atom is -0.481 e. The highest BCUT2D eigenvalue weighted by Gasteiger charge is 2.21. The van der Waals surface area contributed by atoms with Crippen LogP contribution in [-0.4, -0.2) is 28.6 Å². The first kappa shape index (κ1) is 16.4. The molecule has 1 aromatic carbocycles. The Morgan fingerprint density at radius 2 is 2.15 bits per heavy atom. The SMILES string of the molecule is CC(C)N(CCCC(=O)O)c1cc(Br)ccc1[N+](=O)[O-]. The maximum absolute atomic E-state index is 11.1. The Morgan fingerprint density at radius 1 is 1.50 bits per heavy atom. The highest BCUT2D eigenvalue weighted by atomic mass is 79.9. The molecule has 0 aromatic heterocycles. The van der Waals surface area contributed by atoms with Gasteiger partial charge in [0.1, 0.15) is 5.69 Å². The third-order valence-corrected chi connectivity index (χ3v) is 3.35. The number of anilines is 1. The molecule has 1 N–H and O–H groups in total. The summed E-state index contributed by atoms with van der Waals surface area (Å²) >= 11 is 3.31. The van der Waals surface area contributed by atoms with Crippen LogP contribution in [0.3, 0.4) is 0 Å². The van der Waals surface area contributed by atoms with E-state index in [0.29, 0.717) is 18.7 Å². The van der Waals surface area contributed by atoms with Crippen molar-refractivity contribution in [2.45, 2.75) is 32.7 Å². The molecule has 0 aliphatic heterocycles. The molecule has 6 nitrogen and oxygen atoms in total. The second kappa shape index (κ2) is 7.23. The number of halogens is 1. The largest absolute Gasteiger partial charge is 0.481 e. The van der Waals surface area contributed by atoms with Gasteiger partial charge in [-0.15, -0.1) is 0 Å². The van der Waals surface area contributed by atoms with Crippen molar-refractivity contribution >= 4 is 33.3 Å². The third kappa shape index (κ3) is 4.48. The van der Waals surface area contributed by atoms with Gasteiger partial charge in [0.05, 0.1) is 4.92 Å². The highest BCUT2D eigenvalue weighted by Crippen LogP contribution is 2.32. The summed E-state index contributed by atoms with van der Waals surface area (Å²) in [5.74, 6) is -0.863. The van der Waals surface area contributed by atoms with Gasteiger partial charge in [0.25, 0.3) is 5.69 Å². The van der Waals surface area contributed by atoms with Crippen molar-refractivity contribution in [1.29, 1.82) is 0 Å². The minimum atomic E-state index is -0.863. The third-order valence-electron chi connectivity index (χ3n) is 2.86. The highest BCUT2D eigenvalue weighted by molar-refractivity contribution is 9.10. The molecule has 0 aliphatic rings. The summed E-state index contributed by atoms with van der Waals surface area (Å²) in [4.78, 5) is 23.1. The zero-order valence-electron chi connectivity index (χ0n) is 11.4. The van der Waals surface area contributed by atoms with Gasteiger partial charge < -0.3 is 10.0 Å². The molecule has 20 heavy (non-hydrogen) atoms. The molecular weight excluding hydrogens is 328 g/mol. The summed E-state index contributed by atoms with van der Waals surface area (Å²) < 4.78 is 0.752. The van der Waals surface area contributed by atoms with Crippen LogP contribution in [0.25, 0.3) is 0 Å². The lowest BCUT2D eigenvalue weighted by Crippen LogP contribution is -2.32. The quantitative estimate of drug-likeness (QED) is 0.605. The van der Waals surface area contributed by atoms with E-state index in [-0.39, 0.29) is 18.2 Å². The second-order valence-electron chi connectivity index (χ2n) is 4.67. The first-order valence-electron chi connectivity index (χ1n) is 6.25. The summed E-state index contributed by atoms with van der Waals surface area (Å²) in [6.45, 7) is 4.30. The number of hydrogen-bond donors (Lipinski definition) is 1. The van der Waals surface area contributed by atoms with E-state index in [1.807, 2.05) is 18.7 Å². The van der Waals surface area contributed by atoms with Crippen molar-refractivity contribution in [1.82, 2.24) is 0 Å². The summed E-state index contributed by atoms with van der Waals surface area (Å²) in [6.07, 6.45) is 0.488. The van der Waals surface area contributed by atoms with Gasteiger partial charge in [-0.25, -0.2) is 0 Å². The van der Waals surface area contributed by atoms with Gasteiger partial charge in [-0.1, -0.05) is 15.9 Å². The molecule has 0 saturated carbocycles. The molecule has 110 valence electrons. The molecule has 0 aliphatic carbocycles. The summed E-state index contributed by atoms with van der Waals surface area (Å²) in [7, 11) is 0. The Hall–Kier alpha value is -1.63. The van der Waals surface area contributed by atoms with Crippen LogP contribution in [0.4, 0.5) is 11.4 Å². The van der Waals surface area contributed by atoms with Crippen molar-refractivity contribution < 1.29 is 14.8 Å². The molecule has 0 bridgehead atoms. The lowest BCUT2D eigenvalue weighted by atomic mass is 10.2. The number of aliphatic carboxylic acids is 1. The zero-order chi connectivity index (χ0) is 15.3. The zero-order valence-corrected chi connectivity index (χ0v) is 13.0. The average molecular weight is 345 g/mol. The fourth-order valence-corrected chi connectivity index (χ4v) is 2.29. The van der Waals surface area contributed by atoms with Gasteiger partial charge >= 0.3 is 5.97 Å². The molecule has 0 heterocycles. The Balaban J connectivity index is 3.04. The molecule has 1 aromatic rings. The number of rotatable bonds is 7. The normalized spacial score (nSPS) is 10.6. The molecule has 0 radical (unpaired) electrons. The van der Waals surface area contributed by atoms with E-state index in [2.05, 4.69) is 15.9 Å². The van der Waals surface area contributed by atoms with Crippen molar-refractivity contribution in [2.24, 2.45) is 0 Å². The van der Waals surface area contributed by atoms with Crippen LogP contribution < -0.4 is 4.90 Å². The number of carboxylic acids is 1. The minimum absolute atomic E-state index is 0.0252. The standard InChI is InChI=1S/C13H17BrN2O4/c1-9(2)15(7-3-4-13(17)18)12-8-10(14)5-6-11(12)16(19)20/h5-6,8-9H,3-4,7H2,1-2H3,(H,17,18). The van der Waals surface area contributed by atoms with E-state index in [0.717, 1.165) is 4.47 Å². The topological polar surface area (TPSA) is 83.7 Å². The number of carbonyl (C=O) groups is 1. The van der Waals surface area contributed by atoms with Crippen molar-refractivity contribution in [3.05, 3.63) is 32.8 Å². The van der Waals surface area contributed by atoms with Crippen LogP contribution >= 0.6 is 15.9 Å². The molecule has 0 saturated heterocycles. The Bertz CT molecular complexity index is 505. The number of hydrogen-bond acceptors (Lipinski definition) is 4. The number of nitro benzene ring substituents is 1. The van der Waals surface area contributed by atoms with E-state index < -0.39 is 10.9 Å². The van der Waals surface area contributed by atoms with Crippen LogP contribution in [-0.2, 0) is 4.79 Å². The van der Waals surface area contributed by atoms with Crippen LogP contribution in [0.1, 0.15) is 26.7 Å². The molecule has 1 rings (SSSR count). The first-order valence-corrected chi connectivity index (χ1v) is 7.04. The lowest BCUT2D eigenvalue weighted by molar-refractivity contribution is -0.384. The lowest BCUT2D eigenvalue weighted by Gasteiger charge is -2.28. The smallest absolute Gasteiger partial charge is 0.303 e. The van der Waals surface area contributed by atoms with Gasteiger partial charge in [-0.2, -0.15) is 0 Å². The molecule has 0 spiro atoms. The van der Waals surface area contributed by atoms with Crippen LogP contribution in [0.15, 0.2) is 22.7 Å². The van der Waals surface area contributed by atoms with E-state index in [1.165, 1.54) is 6.07 Å². The van der Waals surface area contributed by atoms with Gasteiger partial charge in [-0.05, 0) is 32.4 Å². The van der Waals surface area contributed by atoms with Crippen molar-refractivity contribution in [3.63, 3.8) is 0 Å². The maximum Gasteiger partial charge on any atom is 0.303 e. The summed E-state index contributed by atoms with van der Waals surface area (Å²) in [6, 6.07) is 4.80. The van der Waals surface area contributed by atoms with Gasteiger partial charge in [0.2, 0.25) is 0 Å². The van der Waals surface area contributed by atoms with E-state index in [1.54, 1.807) is 12.1 Å². The van der Waals surface area contributed by atoms with E-state index >= 15 is 0 Å². The van der Waals surface area contributed by atoms with Gasteiger partial charge in [-0.3, -0.25) is 14.9 Å². The predicted molar refractivity (Wildman–Crippen MR) is 80.1 cm³/mol.